The van der Waals surface area contributed by atoms with Crippen LogP contribution in [0.1, 0.15) is 24.1 Å². The highest BCUT2D eigenvalue weighted by molar-refractivity contribution is 5.45. The fourth-order valence-electron chi connectivity index (χ4n) is 2.71. The molecule has 2 aromatic carbocycles. The number of hydrogen-bond donors (Lipinski definition) is 1. The number of hydrogen-bond acceptors (Lipinski definition) is 5. The summed E-state index contributed by atoms with van der Waals surface area (Å²) in [7, 11) is 3.32. The van der Waals surface area contributed by atoms with Gasteiger partial charge >= 0.3 is 0 Å². The molecule has 1 heterocycles. The second-order valence-electron chi connectivity index (χ2n) is 5.68. The van der Waals surface area contributed by atoms with Crippen LogP contribution < -0.4 is 24.3 Å². The van der Waals surface area contributed by atoms with E-state index in [4.69, 9.17) is 18.9 Å². The molecule has 0 aliphatic carbocycles. The summed E-state index contributed by atoms with van der Waals surface area (Å²) in [5, 5.41) is 3.52. The molecule has 0 radical (unpaired) electrons. The summed E-state index contributed by atoms with van der Waals surface area (Å²) in [4.78, 5) is 0. The molecular weight excluding hydrogens is 306 g/mol. The zero-order valence-corrected chi connectivity index (χ0v) is 14.3. The van der Waals surface area contributed by atoms with Crippen molar-refractivity contribution >= 4 is 0 Å². The van der Waals surface area contributed by atoms with Gasteiger partial charge in [-0.25, -0.2) is 0 Å². The third-order valence-electron chi connectivity index (χ3n) is 4.16. The second-order valence-corrected chi connectivity index (χ2v) is 5.68. The molecule has 1 N–H and O–H groups in total. The zero-order chi connectivity index (χ0) is 16.9. The van der Waals surface area contributed by atoms with Crippen LogP contribution in [0.3, 0.4) is 0 Å². The van der Waals surface area contributed by atoms with Crippen molar-refractivity contribution in [2.24, 2.45) is 0 Å². The molecule has 0 unspecified atom stereocenters. The summed E-state index contributed by atoms with van der Waals surface area (Å²) in [6.07, 6.45) is 0. The molecule has 128 valence electrons. The third-order valence-corrected chi connectivity index (χ3v) is 4.16. The van der Waals surface area contributed by atoms with E-state index in [-0.39, 0.29) is 6.04 Å². The molecule has 1 aliphatic heterocycles. The van der Waals surface area contributed by atoms with Crippen LogP contribution in [-0.4, -0.2) is 27.4 Å². The Morgan fingerprint density at radius 1 is 1.00 bits per heavy atom. The molecule has 0 saturated heterocycles. The standard InChI is InChI=1S/C19H23NO4/c1-13(14-5-7-17-19(10-14)24-9-8-23-17)20-12-15-4-6-16(21-2)11-18(15)22-3/h4-7,10-11,13,20H,8-9,12H2,1-3H3/t13-/m0/s1. The van der Waals surface area contributed by atoms with Gasteiger partial charge in [0.25, 0.3) is 0 Å². The van der Waals surface area contributed by atoms with Crippen LogP contribution >= 0.6 is 0 Å². The van der Waals surface area contributed by atoms with Crippen molar-refractivity contribution in [1.82, 2.24) is 5.32 Å². The molecule has 0 spiro atoms. The van der Waals surface area contributed by atoms with Crippen LogP contribution in [0.4, 0.5) is 0 Å². The van der Waals surface area contributed by atoms with Crippen LogP contribution in [0.5, 0.6) is 23.0 Å². The Labute approximate surface area is 142 Å². The number of ether oxygens (including phenoxy) is 4. The van der Waals surface area contributed by atoms with E-state index in [1.165, 1.54) is 0 Å². The number of nitrogens with one attached hydrogen (secondary N) is 1. The normalized spacial score (nSPS) is 14.1. The fourth-order valence-corrected chi connectivity index (χ4v) is 2.71. The minimum atomic E-state index is 0.174. The number of fused-ring (bicyclic) bond motifs is 1. The highest BCUT2D eigenvalue weighted by Crippen LogP contribution is 2.33. The first-order valence-electron chi connectivity index (χ1n) is 8.05. The first kappa shape index (κ1) is 16.5. The Morgan fingerprint density at radius 2 is 1.79 bits per heavy atom. The molecule has 0 saturated carbocycles. The maximum atomic E-state index is 5.65. The average molecular weight is 329 g/mol. The Balaban J connectivity index is 1.68. The van der Waals surface area contributed by atoms with Crippen molar-refractivity contribution in [1.29, 1.82) is 0 Å². The molecule has 1 atom stereocenters. The van der Waals surface area contributed by atoms with Gasteiger partial charge in [0.15, 0.2) is 11.5 Å². The van der Waals surface area contributed by atoms with Crippen molar-refractivity contribution in [3.05, 3.63) is 47.5 Å². The predicted octanol–water partition coefficient (Wildman–Crippen LogP) is 3.33. The molecule has 24 heavy (non-hydrogen) atoms. The minimum Gasteiger partial charge on any atom is -0.497 e. The van der Waals surface area contributed by atoms with E-state index in [1.54, 1.807) is 14.2 Å². The van der Waals surface area contributed by atoms with E-state index in [1.807, 2.05) is 30.3 Å². The first-order chi connectivity index (χ1) is 11.7. The molecule has 5 heteroatoms. The number of methoxy groups -OCH3 is 2. The lowest BCUT2D eigenvalue weighted by molar-refractivity contribution is 0.171. The Bertz CT molecular complexity index is 702. The van der Waals surface area contributed by atoms with E-state index in [0.717, 1.165) is 34.1 Å². The van der Waals surface area contributed by atoms with E-state index < -0.39 is 0 Å². The second kappa shape index (κ2) is 7.45. The highest BCUT2D eigenvalue weighted by atomic mass is 16.6. The SMILES string of the molecule is COc1ccc(CN[C@@H](C)c2ccc3c(c2)OCCO3)c(OC)c1. The maximum absolute atomic E-state index is 5.65. The summed E-state index contributed by atoms with van der Waals surface area (Å²) in [5.74, 6) is 3.23. The molecule has 0 amide bonds. The van der Waals surface area contributed by atoms with Crippen LogP contribution in [0, 0.1) is 0 Å². The van der Waals surface area contributed by atoms with E-state index in [2.05, 4.69) is 18.3 Å². The van der Waals surface area contributed by atoms with Crippen molar-refractivity contribution in [3.8, 4) is 23.0 Å². The van der Waals surface area contributed by atoms with Gasteiger partial charge in [0.1, 0.15) is 24.7 Å². The largest absolute Gasteiger partial charge is 0.497 e. The van der Waals surface area contributed by atoms with Crippen molar-refractivity contribution in [2.45, 2.75) is 19.5 Å². The highest BCUT2D eigenvalue weighted by Gasteiger charge is 2.15. The van der Waals surface area contributed by atoms with Crippen LogP contribution in [0.2, 0.25) is 0 Å². The van der Waals surface area contributed by atoms with Crippen LogP contribution in [-0.2, 0) is 6.54 Å². The van der Waals surface area contributed by atoms with Gasteiger partial charge in [0.2, 0.25) is 0 Å². The van der Waals surface area contributed by atoms with Gasteiger partial charge in [-0.3, -0.25) is 0 Å². The van der Waals surface area contributed by atoms with Gasteiger partial charge in [0, 0.05) is 24.2 Å². The van der Waals surface area contributed by atoms with Crippen molar-refractivity contribution in [3.63, 3.8) is 0 Å². The predicted molar refractivity (Wildman–Crippen MR) is 92.2 cm³/mol. The maximum Gasteiger partial charge on any atom is 0.161 e. The average Bonchev–Trinajstić information content (AvgIpc) is 2.65. The molecular formula is C19H23NO4. The zero-order valence-electron chi connectivity index (χ0n) is 14.3. The van der Waals surface area contributed by atoms with Crippen LogP contribution in [0.25, 0.3) is 0 Å². The molecule has 2 aromatic rings. The summed E-state index contributed by atoms with van der Waals surface area (Å²) in [5.41, 5.74) is 2.24. The minimum absolute atomic E-state index is 0.174. The summed E-state index contributed by atoms with van der Waals surface area (Å²) < 4.78 is 21.9. The first-order valence-corrected chi connectivity index (χ1v) is 8.05. The van der Waals surface area contributed by atoms with E-state index in [9.17, 15) is 0 Å². The van der Waals surface area contributed by atoms with Gasteiger partial charge in [-0.05, 0) is 30.7 Å². The Morgan fingerprint density at radius 3 is 2.54 bits per heavy atom. The Hall–Kier alpha value is -2.40. The fraction of sp³-hybridized carbons (Fsp3) is 0.368. The Kier molecular flexibility index (Phi) is 5.11. The lowest BCUT2D eigenvalue weighted by Crippen LogP contribution is -2.20. The lowest BCUT2D eigenvalue weighted by atomic mass is 10.1. The molecule has 5 nitrogen and oxygen atoms in total. The molecule has 0 fully saturated rings. The molecule has 0 aromatic heterocycles. The van der Waals surface area contributed by atoms with Crippen molar-refractivity contribution < 1.29 is 18.9 Å². The molecule has 0 bridgehead atoms. The van der Waals surface area contributed by atoms with Gasteiger partial charge in [-0.2, -0.15) is 0 Å². The van der Waals surface area contributed by atoms with Gasteiger partial charge in [-0.15, -0.1) is 0 Å². The van der Waals surface area contributed by atoms with E-state index in [0.29, 0.717) is 19.8 Å². The third kappa shape index (κ3) is 3.57. The van der Waals surface area contributed by atoms with Gasteiger partial charge in [-0.1, -0.05) is 12.1 Å². The molecule has 3 rings (SSSR count). The summed E-state index contributed by atoms with van der Waals surface area (Å²) in [6, 6.07) is 12.1. The quantitative estimate of drug-likeness (QED) is 0.881. The van der Waals surface area contributed by atoms with Crippen LogP contribution in [0.15, 0.2) is 36.4 Å². The topological polar surface area (TPSA) is 49.0 Å². The monoisotopic (exact) mass is 329 g/mol. The number of benzene rings is 2. The van der Waals surface area contributed by atoms with Crippen molar-refractivity contribution in [2.75, 3.05) is 27.4 Å². The molecule has 1 aliphatic rings. The summed E-state index contributed by atoms with van der Waals surface area (Å²) in [6.45, 7) is 4.03. The van der Waals surface area contributed by atoms with Gasteiger partial charge in [0.05, 0.1) is 14.2 Å². The number of rotatable bonds is 6. The smallest absolute Gasteiger partial charge is 0.161 e. The van der Waals surface area contributed by atoms with Gasteiger partial charge < -0.3 is 24.3 Å². The lowest BCUT2D eigenvalue weighted by Gasteiger charge is -2.21. The summed E-state index contributed by atoms with van der Waals surface area (Å²) >= 11 is 0. The van der Waals surface area contributed by atoms with E-state index >= 15 is 0 Å².